The van der Waals surface area contributed by atoms with Crippen LogP contribution in [0.4, 0.5) is 0 Å². The van der Waals surface area contributed by atoms with Crippen molar-refractivity contribution in [3.8, 4) is 0 Å². The van der Waals surface area contributed by atoms with Crippen molar-refractivity contribution in [2.75, 3.05) is 0 Å². The topological polar surface area (TPSA) is 0 Å². The predicted octanol–water partition coefficient (Wildman–Crippen LogP) is 6.87. The summed E-state index contributed by atoms with van der Waals surface area (Å²) in [4.78, 5) is 0. The number of aryl methyl sites for hydroxylation is 1. The lowest BCUT2D eigenvalue weighted by atomic mass is 9.54. The third kappa shape index (κ3) is 2.78. The monoisotopic (exact) mass is 316 g/mol. The van der Waals surface area contributed by atoms with E-state index in [2.05, 4.69) is 65.5 Å². The van der Waals surface area contributed by atoms with Crippen molar-refractivity contribution in [2.45, 2.75) is 65.7 Å². The standard InChI is InChI=1S/C21H29Cl/c1-7-8-17-9-10-18(19(22)13-17)21(6)14-16(4)11-12-20(21,5)15(2)3/h9-10,13-14H,2,7-8,11-12H2,1,3-6H3/t20?,21-/m0/s1. The van der Waals surface area contributed by atoms with Crippen LogP contribution < -0.4 is 0 Å². The molecule has 22 heavy (non-hydrogen) atoms. The van der Waals surface area contributed by atoms with Gasteiger partial charge in [-0.15, -0.1) is 0 Å². The molecule has 1 aromatic carbocycles. The van der Waals surface area contributed by atoms with Crippen LogP contribution in [0.25, 0.3) is 0 Å². The first kappa shape index (κ1) is 17.3. The molecule has 0 saturated carbocycles. The van der Waals surface area contributed by atoms with E-state index >= 15 is 0 Å². The first-order chi connectivity index (χ1) is 10.2. The molecule has 0 saturated heterocycles. The van der Waals surface area contributed by atoms with Crippen LogP contribution in [-0.2, 0) is 11.8 Å². The molecular weight excluding hydrogens is 288 g/mol. The fourth-order valence-corrected chi connectivity index (χ4v) is 4.29. The van der Waals surface area contributed by atoms with Gasteiger partial charge in [0.15, 0.2) is 0 Å². The summed E-state index contributed by atoms with van der Waals surface area (Å²) in [7, 11) is 0. The molecule has 0 aliphatic heterocycles. The molecule has 0 aromatic heterocycles. The fourth-order valence-electron chi connectivity index (χ4n) is 3.89. The lowest BCUT2D eigenvalue weighted by Gasteiger charge is -2.50. The molecule has 1 unspecified atom stereocenters. The zero-order chi connectivity index (χ0) is 16.5. The predicted molar refractivity (Wildman–Crippen MR) is 98.7 cm³/mol. The molecule has 0 bridgehead atoms. The number of allylic oxidation sites excluding steroid dienone is 3. The molecule has 0 spiro atoms. The molecule has 2 atom stereocenters. The lowest BCUT2D eigenvalue weighted by Crippen LogP contribution is -2.43. The van der Waals surface area contributed by atoms with Crippen molar-refractivity contribution in [3.05, 3.63) is 58.1 Å². The Hall–Kier alpha value is -1.01. The van der Waals surface area contributed by atoms with Gasteiger partial charge in [-0.25, -0.2) is 0 Å². The van der Waals surface area contributed by atoms with Crippen LogP contribution in [0.5, 0.6) is 0 Å². The van der Waals surface area contributed by atoms with Gasteiger partial charge in [-0.3, -0.25) is 0 Å². The Morgan fingerprint density at radius 3 is 2.55 bits per heavy atom. The average Bonchev–Trinajstić information content (AvgIpc) is 2.43. The first-order valence-corrected chi connectivity index (χ1v) is 8.75. The van der Waals surface area contributed by atoms with E-state index in [1.54, 1.807) is 0 Å². The summed E-state index contributed by atoms with van der Waals surface area (Å²) in [6.45, 7) is 15.6. The van der Waals surface area contributed by atoms with Gasteiger partial charge in [0.05, 0.1) is 0 Å². The minimum Gasteiger partial charge on any atom is -0.0995 e. The molecule has 2 rings (SSSR count). The summed E-state index contributed by atoms with van der Waals surface area (Å²) in [6, 6.07) is 6.64. The maximum atomic E-state index is 6.71. The molecule has 1 aromatic rings. The first-order valence-electron chi connectivity index (χ1n) is 8.38. The van der Waals surface area contributed by atoms with Gasteiger partial charge >= 0.3 is 0 Å². The van der Waals surface area contributed by atoms with Crippen molar-refractivity contribution in [2.24, 2.45) is 5.41 Å². The van der Waals surface area contributed by atoms with Crippen LogP contribution in [0.3, 0.4) is 0 Å². The number of rotatable bonds is 4. The minimum absolute atomic E-state index is 0.0441. The summed E-state index contributed by atoms with van der Waals surface area (Å²) < 4.78 is 0. The van der Waals surface area contributed by atoms with Crippen LogP contribution in [-0.4, -0.2) is 0 Å². The highest BCUT2D eigenvalue weighted by atomic mass is 35.5. The molecule has 1 heteroatoms. The van der Waals surface area contributed by atoms with Crippen LogP contribution in [0.2, 0.25) is 5.02 Å². The molecule has 120 valence electrons. The third-order valence-corrected chi connectivity index (χ3v) is 6.09. The van der Waals surface area contributed by atoms with Gasteiger partial charge in [0.2, 0.25) is 0 Å². The summed E-state index contributed by atoms with van der Waals surface area (Å²) in [5.41, 5.74) is 5.21. The van der Waals surface area contributed by atoms with Gasteiger partial charge in [0.25, 0.3) is 0 Å². The summed E-state index contributed by atoms with van der Waals surface area (Å²) >= 11 is 6.71. The van der Waals surface area contributed by atoms with Crippen molar-refractivity contribution in [1.29, 1.82) is 0 Å². The Labute approximate surface area is 141 Å². The highest BCUT2D eigenvalue weighted by Gasteiger charge is 2.47. The van der Waals surface area contributed by atoms with E-state index in [-0.39, 0.29) is 10.8 Å². The van der Waals surface area contributed by atoms with Crippen molar-refractivity contribution >= 4 is 11.6 Å². The number of hydrogen-bond acceptors (Lipinski definition) is 0. The quantitative estimate of drug-likeness (QED) is 0.531. The zero-order valence-electron chi connectivity index (χ0n) is 14.7. The normalized spacial score (nSPS) is 28.4. The molecule has 0 radical (unpaired) electrons. The third-order valence-electron chi connectivity index (χ3n) is 5.77. The fraction of sp³-hybridized carbons (Fsp3) is 0.524. The average molecular weight is 317 g/mol. The molecule has 0 fully saturated rings. The van der Waals surface area contributed by atoms with E-state index < -0.39 is 0 Å². The molecule has 0 nitrogen and oxygen atoms in total. The van der Waals surface area contributed by atoms with Crippen LogP contribution in [0.1, 0.15) is 65.0 Å². The Morgan fingerprint density at radius 1 is 1.32 bits per heavy atom. The Morgan fingerprint density at radius 2 is 2.00 bits per heavy atom. The van der Waals surface area contributed by atoms with Crippen molar-refractivity contribution < 1.29 is 0 Å². The summed E-state index contributed by atoms with van der Waals surface area (Å²) in [5.74, 6) is 0. The Balaban J connectivity index is 2.59. The van der Waals surface area contributed by atoms with E-state index in [9.17, 15) is 0 Å². The number of benzene rings is 1. The van der Waals surface area contributed by atoms with Gasteiger partial charge in [-0.05, 0) is 50.3 Å². The molecule has 0 N–H and O–H groups in total. The van der Waals surface area contributed by atoms with Gasteiger partial charge < -0.3 is 0 Å². The highest BCUT2D eigenvalue weighted by Crippen LogP contribution is 2.55. The molecular formula is C21H29Cl. The van der Waals surface area contributed by atoms with Gasteiger partial charge in [-0.2, -0.15) is 0 Å². The van der Waals surface area contributed by atoms with Crippen LogP contribution >= 0.6 is 11.6 Å². The number of hydrogen-bond donors (Lipinski definition) is 0. The molecule has 1 aliphatic rings. The van der Waals surface area contributed by atoms with E-state index in [0.29, 0.717) is 0 Å². The molecule has 0 heterocycles. The highest BCUT2D eigenvalue weighted by molar-refractivity contribution is 6.31. The smallest absolute Gasteiger partial charge is 0.0449 e. The van der Waals surface area contributed by atoms with E-state index in [4.69, 9.17) is 11.6 Å². The van der Waals surface area contributed by atoms with E-state index in [1.165, 1.54) is 22.3 Å². The molecule has 1 aliphatic carbocycles. The maximum absolute atomic E-state index is 6.71. The maximum Gasteiger partial charge on any atom is 0.0449 e. The van der Waals surface area contributed by atoms with Gasteiger partial charge in [0.1, 0.15) is 0 Å². The van der Waals surface area contributed by atoms with Gasteiger partial charge in [0, 0.05) is 15.9 Å². The van der Waals surface area contributed by atoms with Crippen LogP contribution in [0.15, 0.2) is 42.0 Å². The van der Waals surface area contributed by atoms with E-state index in [1.807, 2.05) is 0 Å². The lowest BCUT2D eigenvalue weighted by molar-refractivity contribution is 0.218. The zero-order valence-corrected chi connectivity index (χ0v) is 15.5. The minimum atomic E-state index is -0.0943. The summed E-state index contributed by atoms with van der Waals surface area (Å²) in [6.07, 6.45) is 6.93. The Kier molecular flexibility index (Phi) is 4.92. The second kappa shape index (κ2) is 6.24. The van der Waals surface area contributed by atoms with Crippen molar-refractivity contribution in [3.63, 3.8) is 0 Å². The SMILES string of the molecule is C=C(C)C1(C)CCC(C)=C[C@@]1(C)c1ccc(CCC)cc1Cl. The summed E-state index contributed by atoms with van der Waals surface area (Å²) in [5, 5.41) is 0.895. The second-order valence-corrected chi connectivity index (χ2v) is 7.78. The largest absolute Gasteiger partial charge is 0.0995 e. The van der Waals surface area contributed by atoms with E-state index in [0.717, 1.165) is 30.7 Å². The molecule has 0 amide bonds. The van der Waals surface area contributed by atoms with Crippen LogP contribution in [0, 0.1) is 5.41 Å². The second-order valence-electron chi connectivity index (χ2n) is 7.37. The Bertz CT molecular complexity index is 610. The van der Waals surface area contributed by atoms with Crippen molar-refractivity contribution in [1.82, 2.24) is 0 Å². The van der Waals surface area contributed by atoms with Gasteiger partial charge in [-0.1, -0.05) is 74.7 Å². The number of halogens is 1.